The average molecular weight is 170 g/mol. The lowest BCUT2D eigenvalue weighted by Crippen LogP contribution is -1.81. The van der Waals surface area contributed by atoms with Crippen molar-refractivity contribution in [3.63, 3.8) is 0 Å². The summed E-state index contributed by atoms with van der Waals surface area (Å²) in [6.07, 6.45) is -3.67. The molecule has 0 heterocycles. The molecule has 0 unspecified atom stereocenters. The van der Waals surface area contributed by atoms with Crippen LogP contribution in [0.5, 0.6) is 0 Å². The van der Waals surface area contributed by atoms with Gasteiger partial charge in [0.25, 0.3) is 6.47 Å². The predicted molar refractivity (Wildman–Crippen MR) is 30.0 cm³/mol. The Bertz CT molecular complexity index is 96.5. The van der Waals surface area contributed by atoms with Crippen LogP contribution in [0.15, 0.2) is 0 Å². The Kier molecular flexibility index (Phi) is 22.8. The second-order valence-corrected chi connectivity index (χ2v) is 0.671. The highest BCUT2D eigenvalue weighted by Crippen LogP contribution is 1.43. The molecule has 66 valence electrons. The van der Waals surface area contributed by atoms with Gasteiger partial charge in [-0.3, -0.25) is 4.79 Å². The first-order valence-electron chi connectivity index (χ1n) is 1.80. The Morgan fingerprint density at radius 1 is 0.909 bits per heavy atom. The van der Waals surface area contributed by atoms with Crippen molar-refractivity contribution in [1.82, 2.24) is 0 Å². The summed E-state index contributed by atoms with van der Waals surface area (Å²) in [5, 5.41) is 34.8. The summed E-state index contributed by atoms with van der Waals surface area (Å²) >= 11 is 0. The third-order valence-electron chi connectivity index (χ3n) is 0. The predicted octanol–water partition coefficient (Wildman–Crippen LogP) is 0.146. The van der Waals surface area contributed by atoms with E-state index in [9.17, 15) is 0 Å². The number of rotatable bonds is 0. The standard InChI is InChI=1S/2CH2O3.CH2O2/c2*2-1(3)4;2-1-3/h2*(H2,2,3,4);1H,(H,2,3). The summed E-state index contributed by atoms with van der Waals surface area (Å²) < 4.78 is 0. The lowest BCUT2D eigenvalue weighted by Gasteiger charge is -1.60. The zero-order valence-electron chi connectivity index (χ0n) is 5.04. The van der Waals surface area contributed by atoms with Crippen LogP contribution in [0.4, 0.5) is 9.59 Å². The van der Waals surface area contributed by atoms with Gasteiger partial charge >= 0.3 is 12.3 Å². The Hall–Kier alpha value is -1.99. The molecule has 0 rings (SSSR count). The number of hydrogen-bond donors (Lipinski definition) is 5. The third kappa shape index (κ3) is 73.1. The molecule has 0 saturated carbocycles. The molecule has 0 saturated heterocycles. The van der Waals surface area contributed by atoms with Gasteiger partial charge in [0.05, 0.1) is 0 Å². The summed E-state index contributed by atoms with van der Waals surface area (Å²) in [4.78, 5) is 25.5. The van der Waals surface area contributed by atoms with E-state index < -0.39 is 12.3 Å². The second kappa shape index (κ2) is 15.7. The molecule has 0 radical (unpaired) electrons. The van der Waals surface area contributed by atoms with E-state index >= 15 is 0 Å². The maximum absolute atomic E-state index is 8.56. The van der Waals surface area contributed by atoms with Gasteiger partial charge in [-0.25, -0.2) is 9.59 Å². The van der Waals surface area contributed by atoms with Crippen LogP contribution in [0.1, 0.15) is 0 Å². The van der Waals surface area contributed by atoms with E-state index in [2.05, 4.69) is 0 Å². The summed E-state index contributed by atoms with van der Waals surface area (Å²) in [6.45, 7) is -0.250. The molecule has 0 spiro atoms. The van der Waals surface area contributed by atoms with Crippen LogP contribution in [-0.4, -0.2) is 44.3 Å². The number of carboxylic acid groups (broad SMARTS) is 5. The molecule has 0 bridgehead atoms. The lowest BCUT2D eigenvalue weighted by molar-refractivity contribution is -0.122. The van der Waals surface area contributed by atoms with Crippen LogP contribution >= 0.6 is 0 Å². The van der Waals surface area contributed by atoms with Crippen molar-refractivity contribution in [2.45, 2.75) is 0 Å². The zero-order valence-corrected chi connectivity index (χ0v) is 5.04. The van der Waals surface area contributed by atoms with E-state index in [0.717, 1.165) is 0 Å². The zero-order chi connectivity index (χ0) is 9.86. The Morgan fingerprint density at radius 2 is 0.909 bits per heavy atom. The van der Waals surface area contributed by atoms with Gasteiger partial charge in [0.2, 0.25) is 0 Å². The van der Waals surface area contributed by atoms with Crippen LogP contribution in [0.2, 0.25) is 0 Å². The largest absolute Gasteiger partial charge is 0.503 e. The first kappa shape index (κ1) is 16.0. The highest BCUT2D eigenvalue weighted by atomic mass is 16.6. The van der Waals surface area contributed by atoms with Crippen molar-refractivity contribution in [3.8, 4) is 0 Å². The SMILES string of the molecule is O=C(O)O.O=C(O)O.O=CO. The molecular weight excluding hydrogens is 164 g/mol. The van der Waals surface area contributed by atoms with Crippen molar-refractivity contribution >= 4 is 18.8 Å². The van der Waals surface area contributed by atoms with Gasteiger partial charge in [0.15, 0.2) is 0 Å². The van der Waals surface area contributed by atoms with Crippen molar-refractivity contribution in [3.05, 3.63) is 0 Å². The van der Waals surface area contributed by atoms with E-state index in [4.69, 9.17) is 39.9 Å². The second-order valence-electron chi connectivity index (χ2n) is 0.671. The van der Waals surface area contributed by atoms with Crippen molar-refractivity contribution < 1.29 is 39.9 Å². The summed E-state index contributed by atoms with van der Waals surface area (Å²) in [6, 6.07) is 0. The topological polar surface area (TPSA) is 152 Å². The first-order chi connectivity index (χ1) is 4.88. The van der Waals surface area contributed by atoms with Crippen molar-refractivity contribution in [2.75, 3.05) is 0 Å². The molecule has 0 aromatic heterocycles. The van der Waals surface area contributed by atoms with E-state index in [1.807, 2.05) is 0 Å². The molecular formula is C3H6O8. The highest BCUT2D eigenvalue weighted by molar-refractivity contribution is 5.53. The first-order valence-corrected chi connectivity index (χ1v) is 1.80. The lowest BCUT2D eigenvalue weighted by atomic mass is 11.5. The van der Waals surface area contributed by atoms with E-state index in [0.29, 0.717) is 0 Å². The molecule has 8 nitrogen and oxygen atoms in total. The van der Waals surface area contributed by atoms with Gasteiger partial charge in [0, 0.05) is 0 Å². The quantitative estimate of drug-likeness (QED) is 0.322. The molecule has 0 aliphatic carbocycles. The molecule has 0 aliphatic heterocycles. The molecule has 5 N–H and O–H groups in total. The summed E-state index contributed by atoms with van der Waals surface area (Å²) in [5.41, 5.74) is 0. The van der Waals surface area contributed by atoms with E-state index in [-0.39, 0.29) is 6.47 Å². The molecule has 0 amide bonds. The average Bonchev–Trinajstić information content (AvgIpc) is 1.60. The van der Waals surface area contributed by atoms with Gasteiger partial charge in [-0.05, 0) is 0 Å². The van der Waals surface area contributed by atoms with Gasteiger partial charge in [-0.15, -0.1) is 0 Å². The Labute approximate surface area is 59.9 Å². The van der Waals surface area contributed by atoms with Crippen molar-refractivity contribution in [2.24, 2.45) is 0 Å². The molecule has 0 atom stereocenters. The fourth-order valence-corrected chi connectivity index (χ4v) is 0. The van der Waals surface area contributed by atoms with Crippen LogP contribution in [0.25, 0.3) is 0 Å². The third-order valence-corrected chi connectivity index (χ3v) is 0. The number of carbonyl (C=O) groups is 3. The van der Waals surface area contributed by atoms with Gasteiger partial charge < -0.3 is 25.5 Å². The van der Waals surface area contributed by atoms with Crippen LogP contribution < -0.4 is 0 Å². The smallest absolute Gasteiger partial charge is 0.483 e. The molecule has 11 heavy (non-hydrogen) atoms. The fraction of sp³-hybridized carbons (Fsp3) is 0. The minimum absolute atomic E-state index is 0.250. The maximum atomic E-state index is 8.56. The van der Waals surface area contributed by atoms with E-state index in [1.54, 1.807) is 0 Å². The van der Waals surface area contributed by atoms with Gasteiger partial charge in [-0.2, -0.15) is 0 Å². The summed E-state index contributed by atoms with van der Waals surface area (Å²) in [5.74, 6) is 0. The minimum Gasteiger partial charge on any atom is -0.483 e. The monoisotopic (exact) mass is 170 g/mol. The van der Waals surface area contributed by atoms with Crippen LogP contribution in [-0.2, 0) is 4.79 Å². The minimum atomic E-state index is -1.83. The maximum Gasteiger partial charge on any atom is 0.503 e. The van der Waals surface area contributed by atoms with Gasteiger partial charge in [0.1, 0.15) is 0 Å². The van der Waals surface area contributed by atoms with Crippen LogP contribution in [0, 0.1) is 0 Å². The normalized spacial score (nSPS) is 5.45. The van der Waals surface area contributed by atoms with E-state index in [1.165, 1.54) is 0 Å². The molecule has 0 aromatic carbocycles. The van der Waals surface area contributed by atoms with Gasteiger partial charge in [-0.1, -0.05) is 0 Å². The molecule has 0 aliphatic rings. The number of hydrogen-bond acceptors (Lipinski definition) is 3. The Balaban J connectivity index is -0.0000000886. The van der Waals surface area contributed by atoms with Crippen molar-refractivity contribution in [1.29, 1.82) is 0 Å². The fourth-order valence-electron chi connectivity index (χ4n) is 0. The highest BCUT2D eigenvalue weighted by Gasteiger charge is 1.70. The molecule has 0 aromatic rings. The Morgan fingerprint density at radius 3 is 0.909 bits per heavy atom. The molecule has 0 fully saturated rings. The van der Waals surface area contributed by atoms with Crippen LogP contribution in [0.3, 0.4) is 0 Å². The summed E-state index contributed by atoms with van der Waals surface area (Å²) in [7, 11) is 0. The molecule has 8 heteroatoms.